The van der Waals surface area contributed by atoms with Gasteiger partial charge in [-0.05, 0) is 31.5 Å². The lowest BCUT2D eigenvalue weighted by Gasteiger charge is -2.26. The minimum absolute atomic E-state index is 0.0353. The van der Waals surface area contributed by atoms with Crippen molar-refractivity contribution in [3.8, 4) is 5.88 Å². The Balaban J connectivity index is 1.80. The van der Waals surface area contributed by atoms with Gasteiger partial charge in [-0.2, -0.15) is 4.98 Å². The summed E-state index contributed by atoms with van der Waals surface area (Å²) in [6.07, 6.45) is 4.04. The molecule has 3 rings (SSSR count). The molecule has 1 amide bonds. The smallest absolute Gasteiger partial charge is 0.223 e. The van der Waals surface area contributed by atoms with Gasteiger partial charge in [0.25, 0.3) is 0 Å². The van der Waals surface area contributed by atoms with Crippen molar-refractivity contribution in [2.45, 2.75) is 26.3 Å². The van der Waals surface area contributed by atoms with Crippen LogP contribution in [-0.2, 0) is 4.79 Å². The van der Waals surface area contributed by atoms with Crippen molar-refractivity contribution >= 4 is 11.7 Å². The third-order valence-electron chi connectivity index (χ3n) is 4.68. The molecule has 1 aliphatic heterocycles. The van der Waals surface area contributed by atoms with Crippen molar-refractivity contribution in [1.82, 2.24) is 19.9 Å². The van der Waals surface area contributed by atoms with E-state index in [0.717, 1.165) is 16.9 Å². The molecular formula is C18H23N5O2. The van der Waals surface area contributed by atoms with Crippen LogP contribution >= 0.6 is 0 Å². The number of amides is 1. The second-order valence-corrected chi connectivity index (χ2v) is 6.33. The fourth-order valence-electron chi connectivity index (χ4n) is 3.39. The molecule has 0 bridgehead atoms. The van der Waals surface area contributed by atoms with Gasteiger partial charge in [-0.3, -0.25) is 9.78 Å². The first kappa shape index (κ1) is 17.1. The molecule has 0 spiro atoms. The minimum Gasteiger partial charge on any atom is -0.481 e. The van der Waals surface area contributed by atoms with Crippen LogP contribution in [-0.4, -0.2) is 46.5 Å². The summed E-state index contributed by atoms with van der Waals surface area (Å²) in [6.45, 7) is 4.40. The van der Waals surface area contributed by atoms with Crippen LogP contribution in [0.4, 0.5) is 5.82 Å². The fraction of sp³-hybridized carbons (Fsp3) is 0.444. The number of pyridine rings is 1. The number of nitrogens with zero attached hydrogens (tertiary/aromatic N) is 4. The van der Waals surface area contributed by atoms with E-state index >= 15 is 0 Å². The number of aromatic nitrogens is 3. The molecule has 2 atom stereocenters. The number of aryl methyl sites for hydroxylation is 1. The lowest BCUT2D eigenvalue weighted by molar-refractivity contribution is -0.127. The zero-order chi connectivity index (χ0) is 18.0. The highest BCUT2D eigenvalue weighted by Crippen LogP contribution is 2.37. The third-order valence-corrected chi connectivity index (χ3v) is 4.68. The van der Waals surface area contributed by atoms with Gasteiger partial charge in [0.05, 0.1) is 18.7 Å². The first-order chi connectivity index (χ1) is 12.0. The SMILES string of the molecule is COc1nc(C)nc(NC[C@@H]2CC(=O)N(C)[C@H]2c2ccncc2)c1C. The van der Waals surface area contributed by atoms with E-state index in [1.165, 1.54) is 0 Å². The van der Waals surface area contributed by atoms with E-state index < -0.39 is 0 Å². The van der Waals surface area contributed by atoms with Crippen LogP contribution in [0.2, 0.25) is 0 Å². The van der Waals surface area contributed by atoms with Crippen LogP contribution in [0, 0.1) is 19.8 Å². The van der Waals surface area contributed by atoms with Gasteiger partial charge >= 0.3 is 0 Å². The van der Waals surface area contributed by atoms with Crippen molar-refractivity contribution < 1.29 is 9.53 Å². The Kier molecular flexibility index (Phi) is 4.83. The summed E-state index contributed by atoms with van der Waals surface area (Å²) in [6, 6.07) is 3.97. The zero-order valence-electron chi connectivity index (χ0n) is 15.0. The zero-order valence-corrected chi connectivity index (χ0v) is 15.0. The van der Waals surface area contributed by atoms with Gasteiger partial charge in [-0.25, -0.2) is 4.98 Å². The lowest BCUT2D eigenvalue weighted by atomic mass is 9.94. The average molecular weight is 341 g/mol. The molecule has 25 heavy (non-hydrogen) atoms. The van der Waals surface area contributed by atoms with Crippen LogP contribution in [0.1, 0.15) is 29.4 Å². The summed E-state index contributed by atoms with van der Waals surface area (Å²) in [7, 11) is 3.46. The number of carbonyl (C=O) groups excluding carboxylic acids is 1. The molecule has 3 heterocycles. The second kappa shape index (κ2) is 7.04. The second-order valence-electron chi connectivity index (χ2n) is 6.33. The summed E-state index contributed by atoms with van der Waals surface area (Å²) in [5, 5.41) is 3.39. The van der Waals surface area contributed by atoms with Crippen LogP contribution < -0.4 is 10.1 Å². The maximum absolute atomic E-state index is 12.2. The maximum Gasteiger partial charge on any atom is 0.223 e. The van der Waals surface area contributed by atoms with Crippen molar-refractivity contribution in [1.29, 1.82) is 0 Å². The highest BCUT2D eigenvalue weighted by Gasteiger charge is 2.38. The molecule has 0 aliphatic carbocycles. The quantitative estimate of drug-likeness (QED) is 0.897. The highest BCUT2D eigenvalue weighted by atomic mass is 16.5. The number of rotatable bonds is 5. The van der Waals surface area contributed by atoms with Gasteiger partial charge < -0.3 is 15.0 Å². The van der Waals surface area contributed by atoms with Crippen LogP contribution in [0.15, 0.2) is 24.5 Å². The number of hydrogen-bond acceptors (Lipinski definition) is 6. The third kappa shape index (κ3) is 3.40. The van der Waals surface area contributed by atoms with Crippen LogP contribution in [0.5, 0.6) is 5.88 Å². The monoisotopic (exact) mass is 341 g/mol. The Labute approximate surface area is 147 Å². The number of methoxy groups -OCH3 is 1. The van der Waals surface area contributed by atoms with Gasteiger partial charge in [-0.1, -0.05) is 0 Å². The van der Waals surface area contributed by atoms with Gasteiger partial charge in [0, 0.05) is 38.3 Å². The number of nitrogens with one attached hydrogen (secondary N) is 1. The number of likely N-dealkylation sites (tertiary alicyclic amines) is 1. The van der Waals surface area contributed by atoms with Gasteiger partial charge in [-0.15, -0.1) is 0 Å². The molecule has 7 heteroatoms. The molecule has 1 N–H and O–H groups in total. The maximum atomic E-state index is 12.2. The first-order valence-electron chi connectivity index (χ1n) is 8.30. The molecule has 0 radical (unpaired) electrons. The molecule has 0 aromatic carbocycles. The van der Waals surface area contributed by atoms with E-state index in [1.54, 1.807) is 19.5 Å². The van der Waals surface area contributed by atoms with E-state index in [4.69, 9.17) is 4.74 Å². The Hall–Kier alpha value is -2.70. The Bertz CT molecular complexity index is 766. The van der Waals surface area contributed by atoms with Gasteiger partial charge in [0.2, 0.25) is 11.8 Å². The molecule has 0 unspecified atom stereocenters. The predicted molar refractivity (Wildman–Crippen MR) is 94.4 cm³/mol. The number of anilines is 1. The summed E-state index contributed by atoms with van der Waals surface area (Å²) < 4.78 is 5.30. The topological polar surface area (TPSA) is 80.2 Å². The summed E-state index contributed by atoms with van der Waals surface area (Å²) >= 11 is 0. The minimum atomic E-state index is 0.0353. The fourth-order valence-corrected chi connectivity index (χ4v) is 3.39. The largest absolute Gasteiger partial charge is 0.481 e. The molecule has 2 aromatic heterocycles. The van der Waals surface area contributed by atoms with E-state index in [1.807, 2.05) is 37.9 Å². The van der Waals surface area contributed by atoms with Crippen molar-refractivity contribution in [3.63, 3.8) is 0 Å². The highest BCUT2D eigenvalue weighted by molar-refractivity contribution is 5.79. The molecule has 2 aromatic rings. The van der Waals surface area contributed by atoms with E-state index in [9.17, 15) is 4.79 Å². The van der Waals surface area contributed by atoms with Crippen LogP contribution in [0.25, 0.3) is 0 Å². The molecule has 132 valence electrons. The van der Waals surface area contributed by atoms with Gasteiger partial charge in [0.1, 0.15) is 11.6 Å². The van der Waals surface area contributed by atoms with Crippen molar-refractivity contribution in [3.05, 3.63) is 41.5 Å². The van der Waals surface area contributed by atoms with Crippen molar-refractivity contribution in [2.75, 3.05) is 26.0 Å². The molecular weight excluding hydrogens is 318 g/mol. The molecule has 1 aliphatic rings. The summed E-state index contributed by atoms with van der Waals surface area (Å²) in [5.41, 5.74) is 1.97. The molecule has 1 fully saturated rings. The van der Waals surface area contributed by atoms with E-state index in [2.05, 4.69) is 20.3 Å². The molecule has 7 nitrogen and oxygen atoms in total. The van der Waals surface area contributed by atoms with Gasteiger partial charge in [0.15, 0.2) is 0 Å². The standard InChI is InChI=1S/C18H23N5O2/c1-11-17(21-12(2)22-18(11)25-4)20-10-14-9-15(24)23(3)16(14)13-5-7-19-8-6-13/h5-8,14,16H,9-10H2,1-4H3,(H,20,21,22)/t14-,16-/m0/s1. The van der Waals surface area contributed by atoms with Crippen molar-refractivity contribution in [2.24, 2.45) is 5.92 Å². The predicted octanol–water partition coefficient (Wildman–Crippen LogP) is 2.13. The Morgan fingerprint density at radius 2 is 2.00 bits per heavy atom. The number of hydrogen-bond donors (Lipinski definition) is 1. The van der Waals surface area contributed by atoms with E-state index in [0.29, 0.717) is 24.7 Å². The van der Waals surface area contributed by atoms with Crippen LogP contribution in [0.3, 0.4) is 0 Å². The van der Waals surface area contributed by atoms with E-state index in [-0.39, 0.29) is 17.9 Å². The molecule has 0 saturated carbocycles. The summed E-state index contributed by atoms with van der Waals surface area (Å²) in [4.78, 5) is 26.9. The first-order valence-corrected chi connectivity index (χ1v) is 8.30. The Morgan fingerprint density at radius 3 is 2.68 bits per heavy atom. The normalized spacial score (nSPS) is 20.0. The lowest BCUT2D eigenvalue weighted by Crippen LogP contribution is -2.26. The summed E-state index contributed by atoms with van der Waals surface area (Å²) in [5.74, 6) is 2.28. The number of ether oxygens (including phenoxy) is 1. The molecule has 1 saturated heterocycles. The number of carbonyl (C=O) groups is 1. The Morgan fingerprint density at radius 1 is 1.28 bits per heavy atom. The average Bonchev–Trinajstić information content (AvgIpc) is 2.90.